The number of hydrogen-bond acceptors (Lipinski definition) is 1. The molecule has 0 saturated heterocycles. The van der Waals surface area contributed by atoms with Gasteiger partial charge in [-0.05, 0) is 24.0 Å². The van der Waals surface area contributed by atoms with E-state index in [0.29, 0.717) is 0 Å². The van der Waals surface area contributed by atoms with E-state index >= 15 is 0 Å². The Hall–Kier alpha value is -0.630. The molecule has 0 radical (unpaired) electrons. The Bertz CT molecular complexity index is 320. The minimum atomic E-state index is 0.843. The van der Waals surface area contributed by atoms with Crippen molar-refractivity contribution in [2.45, 2.75) is 37.9 Å². The lowest BCUT2D eigenvalue weighted by atomic mass is 10.00. The third-order valence-electron chi connectivity index (χ3n) is 2.54. The number of carbonyl (C=O) groups is 1. The fourth-order valence-corrected chi connectivity index (χ4v) is 1.99. The summed E-state index contributed by atoms with van der Waals surface area (Å²) in [5, 5.41) is 0.854. The molecule has 0 atom stereocenters. The van der Waals surface area contributed by atoms with Gasteiger partial charge in [-0.1, -0.05) is 53.9 Å². The first-order valence-corrected chi connectivity index (χ1v) is 6.57. The maximum atomic E-state index is 10.8. The molecule has 0 aromatic heterocycles. The first-order chi connectivity index (χ1) is 7.31. The molecule has 1 aromatic rings. The summed E-state index contributed by atoms with van der Waals surface area (Å²) >= 11 is 3.43. The Morgan fingerprint density at radius 1 is 1.33 bits per heavy atom. The number of carbonyl (C=O) groups excluding carboxylic acids is 1. The lowest BCUT2D eigenvalue weighted by molar-refractivity contribution is 0.112. The van der Waals surface area contributed by atoms with Crippen LogP contribution in [0.15, 0.2) is 18.2 Å². The Kier molecular flexibility index (Phi) is 5.62. The average molecular weight is 269 g/mol. The number of hydrogen-bond donors (Lipinski definition) is 0. The average Bonchev–Trinajstić information content (AvgIpc) is 2.29. The Labute approximate surface area is 100 Å². The number of alkyl halides is 1. The van der Waals surface area contributed by atoms with Crippen molar-refractivity contribution in [1.29, 1.82) is 0 Å². The van der Waals surface area contributed by atoms with Crippen molar-refractivity contribution in [3.8, 4) is 0 Å². The Morgan fingerprint density at radius 3 is 2.73 bits per heavy atom. The van der Waals surface area contributed by atoms with Crippen LogP contribution in [0.25, 0.3) is 0 Å². The Morgan fingerprint density at radius 2 is 2.13 bits per heavy atom. The number of halogens is 1. The number of unbranched alkanes of at least 4 members (excludes halogenated alkanes) is 2. The summed E-state index contributed by atoms with van der Waals surface area (Å²) in [4.78, 5) is 10.8. The molecule has 0 heterocycles. The van der Waals surface area contributed by atoms with E-state index < -0.39 is 0 Å². The van der Waals surface area contributed by atoms with E-state index in [9.17, 15) is 4.79 Å². The van der Waals surface area contributed by atoms with Crippen LogP contribution in [0.4, 0.5) is 0 Å². The molecule has 0 aliphatic carbocycles. The van der Waals surface area contributed by atoms with E-state index in [1.54, 1.807) is 0 Å². The SMILES string of the molecule is CCCCCc1cc(CBr)ccc1C=O. The van der Waals surface area contributed by atoms with Gasteiger partial charge in [-0.15, -0.1) is 0 Å². The molecule has 82 valence electrons. The molecule has 0 aliphatic heterocycles. The second kappa shape index (κ2) is 6.78. The zero-order chi connectivity index (χ0) is 11.1. The van der Waals surface area contributed by atoms with Gasteiger partial charge >= 0.3 is 0 Å². The molecule has 15 heavy (non-hydrogen) atoms. The summed E-state index contributed by atoms with van der Waals surface area (Å²) in [6.07, 6.45) is 5.59. The Balaban J connectivity index is 2.76. The molecule has 0 amide bonds. The lowest BCUT2D eigenvalue weighted by Gasteiger charge is -2.06. The van der Waals surface area contributed by atoms with Gasteiger partial charge in [0.1, 0.15) is 6.29 Å². The molecular weight excluding hydrogens is 252 g/mol. The van der Waals surface area contributed by atoms with Crippen LogP contribution >= 0.6 is 15.9 Å². The zero-order valence-corrected chi connectivity index (χ0v) is 10.7. The molecule has 0 bridgehead atoms. The molecule has 1 aromatic carbocycles. The van der Waals surface area contributed by atoms with Crippen LogP contribution in [0.2, 0.25) is 0 Å². The van der Waals surface area contributed by atoms with Crippen LogP contribution in [-0.2, 0) is 11.8 Å². The van der Waals surface area contributed by atoms with Gasteiger partial charge in [-0.2, -0.15) is 0 Å². The van der Waals surface area contributed by atoms with Gasteiger partial charge in [0, 0.05) is 10.9 Å². The summed E-state index contributed by atoms with van der Waals surface area (Å²) in [5.41, 5.74) is 3.28. The van der Waals surface area contributed by atoms with E-state index in [2.05, 4.69) is 28.9 Å². The van der Waals surface area contributed by atoms with E-state index in [0.717, 1.165) is 23.6 Å². The normalized spacial score (nSPS) is 10.3. The largest absolute Gasteiger partial charge is 0.298 e. The van der Waals surface area contributed by atoms with Crippen molar-refractivity contribution in [3.05, 3.63) is 34.9 Å². The highest BCUT2D eigenvalue weighted by atomic mass is 79.9. The monoisotopic (exact) mass is 268 g/mol. The van der Waals surface area contributed by atoms with Crippen LogP contribution in [0.5, 0.6) is 0 Å². The molecule has 1 rings (SSSR count). The summed E-state index contributed by atoms with van der Waals surface area (Å²) in [7, 11) is 0. The van der Waals surface area contributed by atoms with Crippen molar-refractivity contribution in [3.63, 3.8) is 0 Å². The van der Waals surface area contributed by atoms with E-state index in [1.165, 1.54) is 30.4 Å². The topological polar surface area (TPSA) is 17.1 Å². The summed E-state index contributed by atoms with van der Waals surface area (Å²) in [6, 6.07) is 6.06. The van der Waals surface area contributed by atoms with Crippen molar-refractivity contribution < 1.29 is 4.79 Å². The van der Waals surface area contributed by atoms with Gasteiger partial charge in [-0.3, -0.25) is 4.79 Å². The minimum absolute atomic E-state index is 0.843. The van der Waals surface area contributed by atoms with Crippen LogP contribution in [-0.4, -0.2) is 6.29 Å². The molecular formula is C13H17BrO. The van der Waals surface area contributed by atoms with Crippen LogP contribution in [0.1, 0.15) is 47.7 Å². The van der Waals surface area contributed by atoms with Gasteiger partial charge in [-0.25, -0.2) is 0 Å². The number of benzene rings is 1. The van der Waals surface area contributed by atoms with Crippen molar-refractivity contribution in [2.75, 3.05) is 0 Å². The first kappa shape index (κ1) is 12.4. The fraction of sp³-hybridized carbons (Fsp3) is 0.462. The van der Waals surface area contributed by atoms with Gasteiger partial charge in [0.15, 0.2) is 0 Å². The van der Waals surface area contributed by atoms with Gasteiger partial charge in [0.05, 0.1) is 0 Å². The number of rotatable bonds is 6. The first-order valence-electron chi connectivity index (χ1n) is 5.44. The smallest absolute Gasteiger partial charge is 0.150 e. The van der Waals surface area contributed by atoms with Crippen LogP contribution in [0, 0.1) is 0 Å². The summed E-state index contributed by atoms with van der Waals surface area (Å²) in [5.74, 6) is 0. The summed E-state index contributed by atoms with van der Waals surface area (Å²) < 4.78 is 0. The van der Waals surface area contributed by atoms with E-state index in [-0.39, 0.29) is 0 Å². The molecule has 0 N–H and O–H groups in total. The maximum Gasteiger partial charge on any atom is 0.150 e. The van der Waals surface area contributed by atoms with Gasteiger partial charge < -0.3 is 0 Å². The molecule has 0 saturated carbocycles. The summed E-state index contributed by atoms with van der Waals surface area (Å²) in [6.45, 7) is 2.19. The third-order valence-corrected chi connectivity index (χ3v) is 3.19. The van der Waals surface area contributed by atoms with Crippen molar-refractivity contribution in [2.24, 2.45) is 0 Å². The quantitative estimate of drug-likeness (QED) is 0.431. The predicted octanol–water partition coefficient (Wildman–Crippen LogP) is 4.13. The lowest BCUT2D eigenvalue weighted by Crippen LogP contribution is -1.95. The van der Waals surface area contributed by atoms with Gasteiger partial charge in [0.25, 0.3) is 0 Å². The minimum Gasteiger partial charge on any atom is -0.298 e. The highest BCUT2D eigenvalue weighted by molar-refractivity contribution is 9.08. The number of aryl methyl sites for hydroxylation is 1. The van der Waals surface area contributed by atoms with Crippen LogP contribution in [0.3, 0.4) is 0 Å². The second-order valence-corrected chi connectivity index (χ2v) is 4.30. The third kappa shape index (κ3) is 3.78. The second-order valence-electron chi connectivity index (χ2n) is 3.74. The standard InChI is InChI=1S/C13H17BrO/c1-2-3-4-5-12-8-11(9-14)6-7-13(12)10-15/h6-8,10H,2-5,9H2,1H3. The van der Waals surface area contributed by atoms with Crippen molar-refractivity contribution >= 4 is 22.2 Å². The van der Waals surface area contributed by atoms with Crippen molar-refractivity contribution in [1.82, 2.24) is 0 Å². The highest BCUT2D eigenvalue weighted by Crippen LogP contribution is 2.15. The fourth-order valence-electron chi connectivity index (χ4n) is 1.64. The molecule has 2 heteroatoms. The van der Waals surface area contributed by atoms with E-state index in [4.69, 9.17) is 0 Å². The molecule has 0 spiro atoms. The predicted molar refractivity (Wildman–Crippen MR) is 67.7 cm³/mol. The van der Waals surface area contributed by atoms with Gasteiger partial charge in [0.2, 0.25) is 0 Å². The van der Waals surface area contributed by atoms with E-state index in [1.807, 2.05) is 12.1 Å². The highest BCUT2D eigenvalue weighted by Gasteiger charge is 2.02. The molecule has 1 nitrogen and oxygen atoms in total. The number of aldehydes is 1. The van der Waals surface area contributed by atoms with Crippen LogP contribution < -0.4 is 0 Å². The maximum absolute atomic E-state index is 10.8. The molecule has 0 unspecified atom stereocenters. The molecule has 0 fully saturated rings. The zero-order valence-electron chi connectivity index (χ0n) is 9.13. The molecule has 0 aliphatic rings.